The minimum absolute atomic E-state index is 0. The predicted molar refractivity (Wildman–Crippen MR) is 107 cm³/mol. The SMILES string of the molecule is CNCCCNCc1ccccc1OCc1ccc(Cl)cc1.Cl.Cl. The second-order valence-electron chi connectivity index (χ2n) is 5.16. The van der Waals surface area contributed by atoms with Crippen LogP contribution in [0, 0.1) is 0 Å². The predicted octanol–water partition coefficient (Wildman–Crippen LogP) is 4.46. The van der Waals surface area contributed by atoms with Crippen LogP contribution in [0.5, 0.6) is 5.75 Å². The van der Waals surface area contributed by atoms with Gasteiger partial charge in [0.1, 0.15) is 12.4 Å². The average Bonchev–Trinajstić information content (AvgIpc) is 2.55. The molecule has 0 radical (unpaired) electrons. The van der Waals surface area contributed by atoms with E-state index in [9.17, 15) is 0 Å². The molecule has 0 unspecified atom stereocenters. The lowest BCUT2D eigenvalue weighted by molar-refractivity contribution is 0.302. The number of ether oxygens (including phenoxy) is 1. The Morgan fingerprint density at radius 1 is 0.958 bits per heavy atom. The molecule has 3 nitrogen and oxygen atoms in total. The van der Waals surface area contributed by atoms with Crippen molar-refractivity contribution in [3.05, 3.63) is 64.7 Å². The molecule has 0 saturated heterocycles. The van der Waals surface area contributed by atoms with E-state index in [4.69, 9.17) is 16.3 Å². The van der Waals surface area contributed by atoms with Gasteiger partial charge >= 0.3 is 0 Å². The van der Waals surface area contributed by atoms with Crippen molar-refractivity contribution in [1.29, 1.82) is 0 Å². The monoisotopic (exact) mass is 390 g/mol. The Balaban J connectivity index is 0.00000264. The zero-order valence-corrected chi connectivity index (χ0v) is 16.1. The minimum Gasteiger partial charge on any atom is -0.489 e. The van der Waals surface area contributed by atoms with Gasteiger partial charge in [-0.15, -0.1) is 24.8 Å². The van der Waals surface area contributed by atoms with E-state index < -0.39 is 0 Å². The van der Waals surface area contributed by atoms with Gasteiger partial charge in [0.25, 0.3) is 0 Å². The molecule has 0 aliphatic heterocycles. The van der Waals surface area contributed by atoms with E-state index in [0.717, 1.165) is 42.4 Å². The molecule has 0 aliphatic carbocycles. The summed E-state index contributed by atoms with van der Waals surface area (Å²) in [7, 11) is 1.97. The smallest absolute Gasteiger partial charge is 0.124 e. The van der Waals surface area contributed by atoms with E-state index >= 15 is 0 Å². The van der Waals surface area contributed by atoms with Crippen molar-refractivity contribution < 1.29 is 4.74 Å². The third-order valence-corrected chi connectivity index (χ3v) is 3.63. The molecule has 2 N–H and O–H groups in total. The molecule has 0 aliphatic rings. The fourth-order valence-electron chi connectivity index (χ4n) is 2.15. The lowest BCUT2D eigenvalue weighted by Gasteiger charge is -2.12. The van der Waals surface area contributed by atoms with Gasteiger partial charge < -0.3 is 15.4 Å². The molecule has 2 aromatic carbocycles. The quantitative estimate of drug-likeness (QED) is 0.619. The van der Waals surface area contributed by atoms with Crippen LogP contribution in [-0.2, 0) is 13.2 Å². The minimum atomic E-state index is 0. The van der Waals surface area contributed by atoms with Crippen LogP contribution in [0.1, 0.15) is 17.5 Å². The van der Waals surface area contributed by atoms with Crippen molar-refractivity contribution in [3.8, 4) is 5.75 Å². The maximum atomic E-state index is 5.95. The van der Waals surface area contributed by atoms with E-state index in [1.54, 1.807) is 0 Å². The van der Waals surface area contributed by atoms with Crippen LogP contribution in [0.3, 0.4) is 0 Å². The molecule has 2 aromatic rings. The molecule has 24 heavy (non-hydrogen) atoms. The summed E-state index contributed by atoms with van der Waals surface area (Å²) in [5.74, 6) is 0.929. The Morgan fingerprint density at radius 2 is 1.67 bits per heavy atom. The Labute approximate surface area is 162 Å². The molecule has 0 bridgehead atoms. The second-order valence-corrected chi connectivity index (χ2v) is 5.59. The van der Waals surface area contributed by atoms with Crippen LogP contribution in [0.2, 0.25) is 5.02 Å². The molecule has 0 fully saturated rings. The zero-order valence-electron chi connectivity index (χ0n) is 13.8. The van der Waals surface area contributed by atoms with Crippen LogP contribution >= 0.6 is 36.4 Å². The summed E-state index contributed by atoms with van der Waals surface area (Å²) in [5.41, 5.74) is 2.29. The van der Waals surface area contributed by atoms with Gasteiger partial charge in [0.05, 0.1) is 0 Å². The van der Waals surface area contributed by atoms with E-state index in [2.05, 4.69) is 16.7 Å². The Morgan fingerprint density at radius 3 is 2.38 bits per heavy atom. The first-order chi connectivity index (χ1) is 10.8. The topological polar surface area (TPSA) is 33.3 Å². The van der Waals surface area contributed by atoms with Crippen LogP contribution in [0.4, 0.5) is 0 Å². The van der Waals surface area contributed by atoms with Gasteiger partial charge in [0, 0.05) is 17.1 Å². The maximum Gasteiger partial charge on any atom is 0.124 e. The summed E-state index contributed by atoms with van der Waals surface area (Å²) in [5, 5.41) is 7.34. The lowest BCUT2D eigenvalue weighted by Crippen LogP contribution is -2.19. The number of nitrogens with one attached hydrogen (secondary N) is 2. The lowest BCUT2D eigenvalue weighted by atomic mass is 10.2. The van der Waals surface area contributed by atoms with Crippen molar-refractivity contribution >= 4 is 36.4 Å². The van der Waals surface area contributed by atoms with Gasteiger partial charge in [-0.25, -0.2) is 0 Å². The van der Waals surface area contributed by atoms with Gasteiger partial charge in [-0.05, 0) is 50.3 Å². The highest BCUT2D eigenvalue weighted by Crippen LogP contribution is 2.19. The zero-order chi connectivity index (χ0) is 15.6. The number of benzene rings is 2. The van der Waals surface area contributed by atoms with Gasteiger partial charge in [-0.3, -0.25) is 0 Å². The van der Waals surface area contributed by atoms with Gasteiger partial charge in [-0.2, -0.15) is 0 Å². The molecule has 6 heteroatoms. The van der Waals surface area contributed by atoms with Gasteiger partial charge in [0.15, 0.2) is 0 Å². The molecular weight excluding hydrogens is 367 g/mol. The van der Waals surface area contributed by atoms with Crippen molar-refractivity contribution in [3.63, 3.8) is 0 Å². The Bertz CT molecular complexity index is 564. The van der Waals surface area contributed by atoms with Gasteiger partial charge in [0.2, 0.25) is 0 Å². The first-order valence-electron chi connectivity index (χ1n) is 7.60. The third kappa shape index (κ3) is 8.22. The van der Waals surface area contributed by atoms with Crippen LogP contribution in [0.15, 0.2) is 48.5 Å². The molecule has 0 atom stereocenters. The summed E-state index contributed by atoms with van der Waals surface area (Å²) < 4.78 is 5.95. The number of hydrogen-bond donors (Lipinski definition) is 2. The largest absolute Gasteiger partial charge is 0.489 e. The van der Waals surface area contributed by atoms with Crippen LogP contribution in [0.25, 0.3) is 0 Å². The Hall–Kier alpha value is -0.970. The third-order valence-electron chi connectivity index (χ3n) is 3.38. The van der Waals surface area contributed by atoms with Crippen molar-refractivity contribution in [1.82, 2.24) is 10.6 Å². The fraction of sp³-hybridized carbons (Fsp3) is 0.333. The standard InChI is InChI=1S/C18H23ClN2O.2ClH/c1-20-11-4-12-21-13-16-5-2-3-6-18(16)22-14-15-7-9-17(19)10-8-15;;/h2-3,5-10,20-21H,4,11-14H2,1H3;2*1H. The van der Waals surface area contributed by atoms with Crippen molar-refractivity contribution in [2.45, 2.75) is 19.6 Å². The molecule has 134 valence electrons. The van der Waals surface area contributed by atoms with E-state index in [1.807, 2.05) is 49.5 Å². The normalized spacial score (nSPS) is 9.75. The first-order valence-corrected chi connectivity index (χ1v) is 7.98. The average molecular weight is 392 g/mol. The summed E-state index contributed by atoms with van der Waals surface area (Å²) in [6, 6.07) is 15.9. The fourth-order valence-corrected chi connectivity index (χ4v) is 2.27. The summed E-state index contributed by atoms with van der Waals surface area (Å²) in [6.07, 6.45) is 1.12. The van der Waals surface area contributed by atoms with Crippen molar-refractivity contribution in [2.24, 2.45) is 0 Å². The summed E-state index contributed by atoms with van der Waals surface area (Å²) >= 11 is 5.89. The van der Waals surface area contributed by atoms with Crippen molar-refractivity contribution in [2.75, 3.05) is 20.1 Å². The summed E-state index contributed by atoms with van der Waals surface area (Å²) in [4.78, 5) is 0. The molecular formula is C18H25Cl3N2O. The highest BCUT2D eigenvalue weighted by atomic mass is 35.5. The summed E-state index contributed by atoms with van der Waals surface area (Å²) in [6.45, 7) is 3.39. The maximum absolute atomic E-state index is 5.95. The molecule has 0 amide bonds. The highest BCUT2D eigenvalue weighted by Gasteiger charge is 2.03. The van der Waals surface area contributed by atoms with E-state index in [-0.39, 0.29) is 24.8 Å². The van der Waals surface area contributed by atoms with Crippen LogP contribution < -0.4 is 15.4 Å². The molecule has 0 aromatic heterocycles. The molecule has 2 rings (SSSR count). The molecule has 0 heterocycles. The second kappa shape index (κ2) is 13.3. The van der Waals surface area contributed by atoms with E-state index in [0.29, 0.717) is 6.61 Å². The molecule has 0 saturated carbocycles. The number of halogens is 3. The Kier molecular flexibility index (Phi) is 12.8. The van der Waals surface area contributed by atoms with E-state index in [1.165, 1.54) is 5.56 Å². The number of rotatable bonds is 9. The van der Waals surface area contributed by atoms with Gasteiger partial charge in [-0.1, -0.05) is 41.9 Å². The van der Waals surface area contributed by atoms with Crippen LogP contribution in [-0.4, -0.2) is 20.1 Å². The highest BCUT2D eigenvalue weighted by molar-refractivity contribution is 6.30. The number of hydrogen-bond acceptors (Lipinski definition) is 3. The first kappa shape index (κ1) is 23.0. The molecule has 0 spiro atoms. The number of para-hydroxylation sites is 1.